The molecule has 0 bridgehead atoms. The average Bonchev–Trinajstić information content (AvgIpc) is 2.87. The lowest BCUT2D eigenvalue weighted by Gasteiger charge is -2.37. The quantitative estimate of drug-likeness (QED) is 0.585. The number of hydrogen-bond donors (Lipinski definition) is 1. The average molecular weight is 362 g/mol. The molecule has 145 valence electrons. The molecule has 0 aliphatic carbocycles. The van der Waals surface area contributed by atoms with E-state index in [1.165, 1.54) is 25.7 Å². The first-order valence-electron chi connectivity index (χ1n) is 9.79. The van der Waals surface area contributed by atoms with Crippen molar-refractivity contribution in [3.8, 4) is 0 Å². The molecule has 1 aliphatic heterocycles. The normalized spacial score (nSPS) is 26.3. The molecule has 0 amide bonds. The first-order chi connectivity index (χ1) is 12.3. The minimum atomic E-state index is -0.959. The van der Waals surface area contributed by atoms with Crippen molar-refractivity contribution >= 4 is 5.97 Å². The molecule has 2 rings (SSSR count). The summed E-state index contributed by atoms with van der Waals surface area (Å²) in [5.74, 6) is -0.959. The minimum Gasteiger partial charge on any atom is -0.478 e. The van der Waals surface area contributed by atoms with E-state index in [4.69, 9.17) is 9.84 Å². The second-order valence-corrected chi connectivity index (χ2v) is 7.74. The fraction of sp³-hybridized carbons (Fsp3) is 0.667. The smallest absolute Gasteiger partial charge is 0.335 e. The van der Waals surface area contributed by atoms with E-state index in [0.29, 0.717) is 19.4 Å². The van der Waals surface area contributed by atoms with E-state index in [0.717, 1.165) is 23.5 Å². The summed E-state index contributed by atoms with van der Waals surface area (Å²) < 4.78 is 6.01. The molecule has 5 nitrogen and oxygen atoms in total. The van der Waals surface area contributed by atoms with Crippen LogP contribution in [0.3, 0.4) is 0 Å². The number of rotatable bonds is 10. The zero-order chi connectivity index (χ0) is 19.2. The molecule has 2 atom stereocenters. The van der Waals surface area contributed by atoms with Crippen LogP contribution >= 0.6 is 0 Å². The molecule has 5 heteroatoms. The topological polar surface area (TPSA) is 69.7 Å². The molecular weight excluding hydrogens is 330 g/mol. The van der Waals surface area contributed by atoms with E-state index in [9.17, 15) is 10.0 Å². The van der Waals surface area contributed by atoms with Gasteiger partial charge in [0, 0.05) is 6.61 Å². The number of nitrogens with zero attached hydrogens (tertiary/aromatic N) is 1. The summed E-state index contributed by atoms with van der Waals surface area (Å²) in [6.07, 6.45) is 8.51. The van der Waals surface area contributed by atoms with Gasteiger partial charge in [0.05, 0.1) is 11.1 Å². The molecule has 1 aromatic carbocycles. The molecule has 1 aromatic rings. The van der Waals surface area contributed by atoms with Gasteiger partial charge in [0.25, 0.3) is 0 Å². The number of ether oxygens (including phenoxy) is 1. The molecule has 1 aliphatic rings. The maximum atomic E-state index is 13.0. The SMILES string of the molecule is CCCCCCCCO[C@]1(C)CC[C@@](C)(c2ccc(C(=O)O)cc2)N1[O]. The van der Waals surface area contributed by atoms with Crippen molar-refractivity contribution in [1.29, 1.82) is 0 Å². The Hall–Kier alpha value is -1.43. The molecule has 0 unspecified atom stereocenters. The van der Waals surface area contributed by atoms with Crippen molar-refractivity contribution in [2.24, 2.45) is 0 Å². The van der Waals surface area contributed by atoms with E-state index in [1.54, 1.807) is 24.3 Å². The van der Waals surface area contributed by atoms with Crippen LogP contribution in [0, 0.1) is 0 Å². The van der Waals surface area contributed by atoms with Gasteiger partial charge < -0.3 is 9.84 Å². The lowest BCUT2D eigenvalue weighted by Crippen LogP contribution is -2.48. The van der Waals surface area contributed by atoms with Gasteiger partial charge >= 0.3 is 5.97 Å². The number of hydroxylamine groups is 2. The Bertz CT molecular complexity index is 588. The van der Waals surface area contributed by atoms with Crippen LogP contribution in [-0.4, -0.2) is 28.5 Å². The Morgan fingerprint density at radius 3 is 2.31 bits per heavy atom. The summed E-state index contributed by atoms with van der Waals surface area (Å²) in [5.41, 5.74) is -0.435. The summed E-state index contributed by atoms with van der Waals surface area (Å²) in [4.78, 5) is 11.0. The van der Waals surface area contributed by atoms with E-state index >= 15 is 0 Å². The summed E-state index contributed by atoms with van der Waals surface area (Å²) in [7, 11) is 0. The zero-order valence-electron chi connectivity index (χ0n) is 16.3. The molecule has 26 heavy (non-hydrogen) atoms. The fourth-order valence-corrected chi connectivity index (χ4v) is 3.74. The van der Waals surface area contributed by atoms with Gasteiger partial charge in [-0.25, -0.2) is 4.79 Å². The third-order valence-corrected chi connectivity index (χ3v) is 5.62. The van der Waals surface area contributed by atoms with Gasteiger partial charge in [-0.3, -0.25) is 0 Å². The predicted molar refractivity (Wildman–Crippen MR) is 100 cm³/mol. The number of aromatic carboxylic acids is 1. The monoisotopic (exact) mass is 362 g/mol. The minimum absolute atomic E-state index is 0.231. The lowest BCUT2D eigenvalue weighted by molar-refractivity contribution is -0.327. The van der Waals surface area contributed by atoms with E-state index < -0.39 is 17.2 Å². The molecule has 1 radical (unpaired) electrons. The third-order valence-electron chi connectivity index (χ3n) is 5.62. The number of hydrogen-bond acceptors (Lipinski definition) is 3. The molecular formula is C21H32NO4. The van der Waals surface area contributed by atoms with Crippen LogP contribution in [-0.2, 0) is 15.5 Å². The van der Waals surface area contributed by atoms with Gasteiger partial charge in [-0.15, -0.1) is 10.3 Å². The van der Waals surface area contributed by atoms with Crippen LogP contribution in [0.2, 0.25) is 0 Å². The highest BCUT2D eigenvalue weighted by Crippen LogP contribution is 2.46. The molecule has 1 N–H and O–H groups in total. The van der Waals surface area contributed by atoms with Crippen molar-refractivity contribution in [1.82, 2.24) is 5.06 Å². The van der Waals surface area contributed by atoms with Gasteiger partial charge in [0.1, 0.15) is 5.72 Å². The first-order valence-corrected chi connectivity index (χ1v) is 9.79. The third kappa shape index (κ3) is 4.64. The summed E-state index contributed by atoms with van der Waals surface area (Å²) in [6.45, 7) is 6.59. The van der Waals surface area contributed by atoms with E-state index in [2.05, 4.69) is 6.92 Å². The second-order valence-electron chi connectivity index (χ2n) is 7.74. The lowest BCUT2D eigenvalue weighted by atomic mass is 9.90. The first kappa shape index (κ1) is 20.9. The van der Waals surface area contributed by atoms with Crippen LogP contribution in [0.15, 0.2) is 24.3 Å². The van der Waals surface area contributed by atoms with Crippen LogP contribution in [0.25, 0.3) is 0 Å². The number of carboxylic acids is 1. The van der Waals surface area contributed by atoms with Crippen molar-refractivity contribution in [3.05, 3.63) is 35.4 Å². The number of carbonyl (C=O) groups is 1. The number of carboxylic acid groups (broad SMARTS) is 1. The van der Waals surface area contributed by atoms with Gasteiger partial charge in [-0.2, -0.15) is 0 Å². The van der Waals surface area contributed by atoms with Gasteiger partial charge in [-0.05, 0) is 50.8 Å². The maximum Gasteiger partial charge on any atom is 0.335 e. The fourth-order valence-electron chi connectivity index (χ4n) is 3.74. The Kier molecular flexibility index (Phi) is 7.21. The Morgan fingerprint density at radius 1 is 1.08 bits per heavy atom. The molecule has 0 saturated carbocycles. The highest BCUT2D eigenvalue weighted by Gasteiger charge is 2.52. The second kappa shape index (κ2) is 8.98. The van der Waals surface area contributed by atoms with Crippen molar-refractivity contribution in [3.63, 3.8) is 0 Å². The number of benzene rings is 1. The van der Waals surface area contributed by atoms with E-state index in [1.807, 2.05) is 13.8 Å². The highest BCUT2D eigenvalue weighted by molar-refractivity contribution is 5.87. The van der Waals surface area contributed by atoms with Crippen molar-refractivity contribution < 1.29 is 19.8 Å². The standard InChI is InChI=1S/C21H32NO4/c1-4-5-6-7-8-9-16-26-21(3)15-14-20(2,22(21)25)18-12-10-17(11-13-18)19(23)24/h10-13H,4-9,14-16H2,1-3H3,(H,23,24)/t20-,21+/m0/s1. The Morgan fingerprint density at radius 2 is 1.69 bits per heavy atom. The van der Waals surface area contributed by atoms with Crippen LogP contribution in [0.5, 0.6) is 0 Å². The summed E-state index contributed by atoms with van der Waals surface area (Å²) in [6, 6.07) is 6.61. The van der Waals surface area contributed by atoms with Crippen LogP contribution in [0.4, 0.5) is 0 Å². The molecule has 1 fully saturated rings. The van der Waals surface area contributed by atoms with Gasteiger partial charge in [0.2, 0.25) is 0 Å². The predicted octanol–water partition coefficient (Wildman–Crippen LogP) is 5.13. The highest BCUT2D eigenvalue weighted by atomic mass is 16.6. The van der Waals surface area contributed by atoms with Crippen molar-refractivity contribution in [2.75, 3.05) is 6.61 Å². The van der Waals surface area contributed by atoms with Crippen LogP contribution < -0.4 is 0 Å². The summed E-state index contributed by atoms with van der Waals surface area (Å²) >= 11 is 0. The Balaban J connectivity index is 1.92. The molecule has 0 spiro atoms. The molecule has 0 aromatic heterocycles. The van der Waals surface area contributed by atoms with Crippen LogP contribution in [0.1, 0.15) is 88.1 Å². The van der Waals surface area contributed by atoms with Crippen molar-refractivity contribution in [2.45, 2.75) is 83.4 Å². The largest absolute Gasteiger partial charge is 0.478 e. The van der Waals surface area contributed by atoms with E-state index in [-0.39, 0.29) is 5.56 Å². The maximum absolute atomic E-state index is 13.0. The summed E-state index contributed by atoms with van der Waals surface area (Å²) in [5, 5.41) is 23.2. The zero-order valence-corrected chi connectivity index (χ0v) is 16.3. The molecule has 1 heterocycles. The van der Waals surface area contributed by atoms with Gasteiger partial charge in [0.15, 0.2) is 0 Å². The Labute approximate surface area is 156 Å². The van der Waals surface area contributed by atoms with Gasteiger partial charge in [-0.1, -0.05) is 51.2 Å². The number of unbranched alkanes of at least 4 members (excludes halogenated alkanes) is 5. The molecule has 1 saturated heterocycles.